The Hall–Kier alpha value is -4.14. The van der Waals surface area contributed by atoms with Crippen molar-refractivity contribution in [2.24, 2.45) is 0 Å². The van der Waals surface area contributed by atoms with E-state index in [1.165, 1.54) is 24.3 Å². The fraction of sp³-hybridized carbons (Fsp3) is 0. The minimum atomic E-state index is -0.620. The Kier molecular flexibility index (Phi) is 3.81. The lowest BCUT2D eigenvalue weighted by Gasteiger charge is -2.06. The van der Waals surface area contributed by atoms with Crippen LogP contribution < -0.4 is 10.9 Å². The first-order chi connectivity index (χ1) is 13.0. The fourth-order valence-corrected chi connectivity index (χ4v) is 2.63. The molecule has 0 atom stereocenters. The zero-order valence-electron chi connectivity index (χ0n) is 13.7. The molecule has 27 heavy (non-hydrogen) atoms. The number of anilines is 1. The van der Waals surface area contributed by atoms with Crippen molar-refractivity contribution in [3.05, 3.63) is 80.8 Å². The molecule has 1 amide bonds. The number of non-ortho nitro benzene ring substituents is 1. The van der Waals surface area contributed by atoms with Gasteiger partial charge in [-0.3, -0.25) is 19.7 Å². The monoisotopic (exact) mass is 361 g/mol. The topological polar surface area (TPSA) is 131 Å². The second-order valence-corrected chi connectivity index (χ2v) is 5.72. The van der Waals surface area contributed by atoms with Crippen LogP contribution >= 0.6 is 0 Å². The van der Waals surface area contributed by atoms with Crippen LogP contribution in [0.1, 0.15) is 10.5 Å². The first-order valence-corrected chi connectivity index (χ1v) is 7.87. The molecule has 0 bridgehead atoms. The van der Waals surface area contributed by atoms with Gasteiger partial charge in [-0.1, -0.05) is 24.3 Å². The summed E-state index contributed by atoms with van der Waals surface area (Å²) in [7, 11) is 0. The van der Waals surface area contributed by atoms with Gasteiger partial charge in [0.2, 0.25) is 0 Å². The Balaban J connectivity index is 1.70. The lowest BCUT2D eigenvalue weighted by Crippen LogP contribution is -2.22. The number of aromatic nitrogens is 3. The molecule has 0 saturated heterocycles. The molecule has 0 radical (unpaired) electrons. The number of benzene rings is 2. The molecule has 2 heterocycles. The number of carbonyl (C=O) groups is 1. The normalized spacial score (nSPS) is 10.8. The number of nitro benzene ring substituents is 1. The smallest absolute Gasteiger partial charge is 0.291 e. The number of pyridine rings is 1. The van der Waals surface area contributed by atoms with Crippen molar-refractivity contribution in [1.29, 1.82) is 0 Å². The molecule has 2 aromatic heterocycles. The summed E-state index contributed by atoms with van der Waals surface area (Å²) in [4.78, 5) is 45.8. The SMILES string of the molecule is O=C(Nc1nc2cc([N+](=O)[O-])ccc2[nH]c1=O)c1ccc2ccccc2n1. The van der Waals surface area contributed by atoms with Gasteiger partial charge in [0.05, 0.1) is 21.5 Å². The minimum absolute atomic E-state index is 0.119. The van der Waals surface area contributed by atoms with Crippen LogP contribution in [0.25, 0.3) is 21.9 Å². The maximum Gasteiger partial charge on any atom is 0.291 e. The van der Waals surface area contributed by atoms with E-state index in [1.807, 2.05) is 12.1 Å². The largest absolute Gasteiger partial charge is 0.317 e. The van der Waals surface area contributed by atoms with Gasteiger partial charge in [-0.25, -0.2) is 9.97 Å². The van der Waals surface area contributed by atoms with Crippen LogP contribution in [-0.4, -0.2) is 25.8 Å². The standard InChI is InChI=1S/C18H11N5O4/c24-17(14-7-5-10-3-1-2-4-12(10)19-14)22-16-18(25)21-13-8-6-11(23(26)27)9-15(13)20-16/h1-9H,(H,21,25)(H,20,22,24). The number of nitrogens with one attached hydrogen (secondary N) is 2. The van der Waals surface area contributed by atoms with Crippen LogP contribution in [0.3, 0.4) is 0 Å². The quantitative estimate of drug-likeness (QED) is 0.426. The maximum absolute atomic E-state index is 12.4. The van der Waals surface area contributed by atoms with Crippen LogP contribution in [0, 0.1) is 10.1 Å². The van der Waals surface area contributed by atoms with E-state index in [1.54, 1.807) is 18.2 Å². The van der Waals surface area contributed by atoms with Crippen molar-refractivity contribution in [3.63, 3.8) is 0 Å². The second-order valence-electron chi connectivity index (χ2n) is 5.72. The highest BCUT2D eigenvalue weighted by Gasteiger charge is 2.14. The van der Waals surface area contributed by atoms with E-state index >= 15 is 0 Å². The third kappa shape index (κ3) is 3.09. The van der Waals surface area contributed by atoms with Gasteiger partial charge in [-0.05, 0) is 18.2 Å². The number of rotatable bonds is 3. The molecule has 132 valence electrons. The highest BCUT2D eigenvalue weighted by molar-refractivity contribution is 6.03. The van der Waals surface area contributed by atoms with Gasteiger partial charge in [-0.2, -0.15) is 0 Å². The number of aromatic amines is 1. The van der Waals surface area contributed by atoms with Gasteiger partial charge in [-0.15, -0.1) is 0 Å². The number of fused-ring (bicyclic) bond motifs is 2. The van der Waals surface area contributed by atoms with Gasteiger partial charge >= 0.3 is 0 Å². The minimum Gasteiger partial charge on any atom is -0.317 e. The van der Waals surface area contributed by atoms with Crippen LogP contribution in [0.2, 0.25) is 0 Å². The van der Waals surface area contributed by atoms with Crippen molar-refractivity contribution in [2.75, 3.05) is 5.32 Å². The molecule has 0 unspecified atom stereocenters. The van der Waals surface area contributed by atoms with Crippen LogP contribution in [0.4, 0.5) is 11.5 Å². The summed E-state index contributed by atoms with van der Waals surface area (Å²) < 4.78 is 0. The molecule has 9 heteroatoms. The van der Waals surface area contributed by atoms with Crippen LogP contribution in [0.5, 0.6) is 0 Å². The maximum atomic E-state index is 12.4. The molecular formula is C18H11N5O4. The molecular weight excluding hydrogens is 350 g/mol. The first-order valence-electron chi connectivity index (χ1n) is 7.87. The van der Waals surface area contributed by atoms with Crippen molar-refractivity contribution in [3.8, 4) is 0 Å². The fourth-order valence-electron chi connectivity index (χ4n) is 2.63. The zero-order valence-corrected chi connectivity index (χ0v) is 13.7. The molecule has 4 rings (SSSR count). The highest BCUT2D eigenvalue weighted by Crippen LogP contribution is 2.18. The lowest BCUT2D eigenvalue weighted by atomic mass is 10.2. The third-order valence-electron chi connectivity index (χ3n) is 3.95. The van der Waals surface area contributed by atoms with Gasteiger partial charge < -0.3 is 10.3 Å². The summed E-state index contributed by atoms with van der Waals surface area (Å²) in [6, 6.07) is 14.5. The lowest BCUT2D eigenvalue weighted by molar-refractivity contribution is -0.384. The molecule has 0 saturated carbocycles. The summed E-state index contributed by atoms with van der Waals surface area (Å²) in [5.41, 5.74) is 0.481. The molecule has 0 spiro atoms. The number of hydrogen-bond donors (Lipinski definition) is 2. The van der Waals surface area contributed by atoms with E-state index in [2.05, 4.69) is 20.3 Å². The summed E-state index contributed by atoms with van der Waals surface area (Å²) in [6.45, 7) is 0. The highest BCUT2D eigenvalue weighted by atomic mass is 16.6. The average Bonchev–Trinajstić information content (AvgIpc) is 2.67. The van der Waals surface area contributed by atoms with Crippen molar-refractivity contribution in [1.82, 2.24) is 15.0 Å². The molecule has 0 aliphatic rings. The molecule has 0 fully saturated rings. The predicted molar refractivity (Wildman–Crippen MR) is 98.7 cm³/mol. The average molecular weight is 361 g/mol. The summed E-state index contributed by atoms with van der Waals surface area (Å²) in [5.74, 6) is -0.869. The summed E-state index contributed by atoms with van der Waals surface area (Å²) in [6.07, 6.45) is 0. The number of hydrogen-bond acceptors (Lipinski definition) is 6. The summed E-state index contributed by atoms with van der Waals surface area (Å²) >= 11 is 0. The van der Waals surface area contributed by atoms with Crippen molar-refractivity contribution < 1.29 is 9.72 Å². The van der Waals surface area contributed by atoms with E-state index < -0.39 is 16.4 Å². The Labute approximate surface area is 150 Å². The number of nitrogens with zero attached hydrogens (tertiary/aromatic N) is 3. The number of carbonyl (C=O) groups excluding carboxylic acids is 1. The Morgan fingerprint density at radius 3 is 2.67 bits per heavy atom. The molecule has 0 aliphatic heterocycles. The third-order valence-corrected chi connectivity index (χ3v) is 3.95. The summed E-state index contributed by atoms with van der Waals surface area (Å²) in [5, 5.41) is 14.2. The first kappa shape index (κ1) is 16.3. The molecule has 0 aliphatic carbocycles. The molecule has 9 nitrogen and oxygen atoms in total. The van der Waals surface area contributed by atoms with Gasteiger partial charge in [0.1, 0.15) is 5.69 Å². The van der Waals surface area contributed by atoms with E-state index in [0.29, 0.717) is 11.0 Å². The number of nitro groups is 1. The number of para-hydroxylation sites is 1. The Morgan fingerprint density at radius 1 is 1.04 bits per heavy atom. The van der Waals surface area contributed by atoms with E-state index in [0.717, 1.165) is 5.39 Å². The number of amides is 1. The zero-order chi connectivity index (χ0) is 19.0. The molecule has 2 aromatic carbocycles. The Bertz CT molecular complexity index is 1280. The molecule has 2 N–H and O–H groups in total. The predicted octanol–water partition coefficient (Wildman–Crippen LogP) is 2.63. The van der Waals surface area contributed by atoms with Crippen molar-refractivity contribution in [2.45, 2.75) is 0 Å². The van der Waals surface area contributed by atoms with Crippen LogP contribution in [0.15, 0.2) is 59.4 Å². The molecule has 4 aromatic rings. The van der Waals surface area contributed by atoms with Crippen molar-refractivity contribution >= 4 is 39.3 Å². The van der Waals surface area contributed by atoms with E-state index in [4.69, 9.17) is 0 Å². The van der Waals surface area contributed by atoms with E-state index in [9.17, 15) is 19.7 Å². The second kappa shape index (κ2) is 6.30. The van der Waals surface area contributed by atoms with Gasteiger partial charge in [0.15, 0.2) is 5.82 Å². The van der Waals surface area contributed by atoms with Crippen LogP contribution in [-0.2, 0) is 0 Å². The number of H-pyrrole nitrogens is 1. The van der Waals surface area contributed by atoms with Gasteiger partial charge in [0.25, 0.3) is 17.2 Å². The van der Waals surface area contributed by atoms with E-state index in [-0.39, 0.29) is 22.7 Å². The van der Waals surface area contributed by atoms with Gasteiger partial charge in [0, 0.05) is 17.5 Å². The Morgan fingerprint density at radius 2 is 1.85 bits per heavy atom.